The zero-order chi connectivity index (χ0) is 15.2. The van der Waals surface area contributed by atoms with Gasteiger partial charge in [-0.05, 0) is 36.4 Å². The molecule has 0 bridgehead atoms. The summed E-state index contributed by atoms with van der Waals surface area (Å²) in [5, 5.41) is 9.38. The van der Waals surface area contributed by atoms with E-state index in [-0.39, 0.29) is 11.5 Å². The van der Waals surface area contributed by atoms with Gasteiger partial charge < -0.3 is 14.6 Å². The lowest BCUT2D eigenvalue weighted by atomic mass is 10.1. The van der Waals surface area contributed by atoms with Crippen LogP contribution in [-0.2, 0) is 0 Å². The second-order valence-electron chi connectivity index (χ2n) is 4.36. The highest BCUT2D eigenvalue weighted by Crippen LogP contribution is 2.25. The van der Waals surface area contributed by atoms with E-state index in [2.05, 4.69) is 0 Å². The molecular weight excluding hydrogens is 268 g/mol. The maximum absolute atomic E-state index is 12.0. The third kappa shape index (κ3) is 3.63. The summed E-state index contributed by atoms with van der Waals surface area (Å²) in [6.45, 7) is 0. The fourth-order valence-corrected chi connectivity index (χ4v) is 1.88. The van der Waals surface area contributed by atoms with E-state index in [1.807, 2.05) is 6.07 Å². The number of hydrogen-bond donors (Lipinski definition) is 1. The number of ketones is 1. The van der Waals surface area contributed by atoms with Gasteiger partial charge in [0.25, 0.3) is 0 Å². The standard InChI is InChI=1S/C17H16O4/c1-20-15-8-6-12(17(11-15)21-2)7-9-16(19)13-4-3-5-14(18)10-13/h3-11,18H,1-2H3. The van der Waals surface area contributed by atoms with Crippen molar-refractivity contribution in [2.75, 3.05) is 14.2 Å². The van der Waals surface area contributed by atoms with Crippen LogP contribution in [0, 0.1) is 0 Å². The molecule has 0 aromatic heterocycles. The van der Waals surface area contributed by atoms with Crippen molar-refractivity contribution in [3.8, 4) is 17.2 Å². The van der Waals surface area contributed by atoms with Crippen molar-refractivity contribution in [1.29, 1.82) is 0 Å². The highest BCUT2D eigenvalue weighted by atomic mass is 16.5. The zero-order valence-corrected chi connectivity index (χ0v) is 11.9. The summed E-state index contributed by atoms with van der Waals surface area (Å²) in [7, 11) is 3.14. The van der Waals surface area contributed by atoms with Gasteiger partial charge in [-0.3, -0.25) is 4.79 Å². The Labute approximate surface area is 123 Å². The minimum absolute atomic E-state index is 0.0660. The van der Waals surface area contributed by atoms with E-state index < -0.39 is 0 Å². The molecule has 0 saturated heterocycles. The molecule has 1 N–H and O–H groups in total. The number of benzene rings is 2. The summed E-state index contributed by atoms with van der Waals surface area (Å²) in [5.74, 6) is 1.18. The van der Waals surface area contributed by atoms with Crippen LogP contribution in [0.3, 0.4) is 0 Å². The summed E-state index contributed by atoms with van der Waals surface area (Å²) in [6.07, 6.45) is 3.11. The number of aromatic hydroxyl groups is 1. The van der Waals surface area contributed by atoms with Crippen molar-refractivity contribution in [2.45, 2.75) is 0 Å². The Bertz CT molecular complexity index is 674. The molecule has 2 rings (SSSR count). The van der Waals surface area contributed by atoms with Crippen LogP contribution in [0.1, 0.15) is 15.9 Å². The molecule has 21 heavy (non-hydrogen) atoms. The highest BCUT2D eigenvalue weighted by molar-refractivity contribution is 6.07. The maximum Gasteiger partial charge on any atom is 0.185 e. The number of phenolic OH excluding ortho intramolecular Hbond substituents is 1. The van der Waals surface area contributed by atoms with Crippen LogP contribution in [0.15, 0.2) is 48.5 Å². The van der Waals surface area contributed by atoms with Crippen molar-refractivity contribution < 1.29 is 19.4 Å². The number of hydrogen-bond acceptors (Lipinski definition) is 4. The molecule has 2 aromatic carbocycles. The van der Waals surface area contributed by atoms with Crippen LogP contribution < -0.4 is 9.47 Å². The average Bonchev–Trinajstić information content (AvgIpc) is 2.52. The molecular formula is C17H16O4. The van der Waals surface area contributed by atoms with E-state index in [1.165, 1.54) is 18.2 Å². The first-order valence-corrected chi connectivity index (χ1v) is 6.37. The molecule has 0 amide bonds. The van der Waals surface area contributed by atoms with E-state index in [4.69, 9.17) is 9.47 Å². The topological polar surface area (TPSA) is 55.8 Å². The number of carbonyl (C=O) groups is 1. The van der Waals surface area contributed by atoms with Gasteiger partial charge in [0.1, 0.15) is 17.2 Å². The Morgan fingerprint density at radius 2 is 1.90 bits per heavy atom. The van der Waals surface area contributed by atoms with Gasteiger partial charge in [-0.1, -0.05) is 12.1 Å². The minimum atomic E-state index is -0.191. The number of rotatable bonds is 5. The molecule has 4 heteroatoms. The number of ether oxygens (including phenoxy) is 2. The summed E-state index contributed by atoms with van der Waals surface area (Å²) in [4.78, 5) is 12.0. The van der Waals surface area contributed by atoms with Crippen LogP contribution in [0.2, 0.25) is 0 Å². The second-order valence-corrected chi connectivity index (χ2v) is 4.36. The lowest BCUT2D eigenvalue weighted by Gasteiger charge is -2.07. The molecule has 0 atom stereocenters. The van der Waals surface area contributed by atoms with Crippen LogP contribution in [0.4, 0.5) is 0 Å². The molecule has 0 spiro atoms. The Morgan fingerprint density at radius 1 is 1.10 bits per heavy atom. The molecule has 2 aromatic rings. The summed E-state index contributed by atoms with van der Waals surface area (Å²) in [5.41, 5.74) is 1.20. The lowest BCUT2D eigenvalue weighted by molar-refractivity contribution is 0.104. The molecule has 0 saturated carbocycles. The van der Waals surface area contributed by atoms with Crippen LogP contribution in [-0.4, -0.2) is 25.1 Å². The Morgan fingerprint density at radius 3 is 2.57 bits per heavy atom. The first-order chi connectivity index (χ1) is 10.1. The van der Waals surface area contributed by atoms with Crippen LogP contribution >= 0.6 is 0 Å². The van der Waals surface area contributed by atoms with E-state index in [1.54, 1.807) is 44.6 Å². The first kappa shape index (κ1) is 14.7. The summed E-state index contributed by atoms with van der Waals surface area (Å²) < 4.78 is 10.4. The van der Waals surface area contributed by atoms with Crippen LogP contribution in [0.5, 0.6) is 17.2 Å². The molecule has 4 nitrogen and oxygen atoms in total. The number of methoxy groups -OCH3 is 2. The Hall–Kier alpha value is -2.75. The first-order valence-electron chi connectivity index (χ1n) is 6.37. The van der Waals surface area contributed by atoms with Crippen LogP contribution in [0.25, 0.3) is 6.08 Å². The molecule has 0 aliphatic rings. The molecule has 108 valence electrons. The van der Waals surface area contributed by atoms with Crippen molar-refractivity contribution in [2.24, 2.45) is 0 Å². The summed E-state index contributed by atoms with van der Waals surface area (Å²) in [6, 6.07) is 11.6. The number of phenols is 1. The molecule has 0 radical (unpaired) electrons. The second kappa shape index (κ2) is 6.61. The van der Waals surface area contributed by atoms with Crippen molar-refractivity contribution in [3.05, 3.63) is 59.7 Å². The number of allylic oxidation sites excluding steroid dienone is 1. The quantitative estimate of drug-likeness (QED) is 0.676. The highest BCUT2D eigenvalue weighted by Gasteiger charge is 2.05. The predicted octanol–water partition coefficient (Wildman–Crippen LogP) is 3.31. The van der Waals surface area contributed by atoms with Gasteiger partial charge in [0.15, 0.2) is 5.78 Å². The zero-order valence-electron chi connectivity index (χ0n) is 11.9. The Balaban J connectivity index is 2.23. The minimum Gasteiger partial charge on any atom is -0.508 e. The van der Waals surface area contributed by atoms with E-state index >= 15 is 0 Å². The van der Waals surface area contributed by atoms with E-state index in [9.17, 15) is 9.90 Å². The molecule has 0 fully saturated rings. The molecule has 0 aliphatic heterocycles. The van der Waals surface area contributed by atoms with Gasteiger partial charge in [-0.15, -0.1) is 0 Å². The third-order valence-corrected chi connectivity index (χ3v) is 2.99. The van der Waals surface area contributed by atoms with E-state index in [0.29, 0.717) is 17.1 Å². The van der Waals surface area contributed by atoms with Crippen molar-refractivity contribution in [3.63, 3.8) is 0 Å². The van der Waals surface area contributed by atoms with E-state index in [0.717, 1.165) is 5.56 Å². The maximum atomic E-state index is 12.0. The fraction of sp³-hybridized carbons (Fsp3) is 0.118. The SMILES string of the molecule is COc1ccc(C=CC(=O)c2cccc(O)c2)c(OC)c1. The van der Waals surface area contributed by atoms with Gasteiger partial charge in [-0.25, -0.2) is 0 Å². The fourth-order valence-electron chi connectivity index (χ4n) is 1.88. The monoisotopic (exact) mass is 284 g/mol. The van der Waals surface area contributed by atoms with Crippen molar-refractivity contribution >= 4 is 11.9 Å². The van der Waals surface area contributed by atoms with Gasteiger partial charge in [-0.2, -0.15) is 0 Å². The smallest absolute Gasteiger partial charge is 0.185 e. The van der Waals surface area contributed by atoms with Gasteiger partial charge in [0.2, 0.25) is 0 Å². The average molecular weight is 284 g/mol. The van der Waals surface area contributed by atoms with Gasteiger partial charge in [0.05, 0.1) is 14.2 Å². The Kier molecular flexibility index (Phi) is 4.61. The number of carbonyl (C=O) groups excluding carboxylic acids is 1. The van der Waals surface area contributed by atoms with Crippen molar-refractivity contribution in [1.82, 2.24) is 0 Å². The normalized spacial score (nSPS) is 10.6. The largest absolute Gasteiger partial charge is 0.508 e. The van der Waals surface area contributed by atoms with Gasteiger partial charge in [0, 0.05) is 17.2 Å². The molecule has 0 aliphatic carbocycles. The predicted molar refractivity (Wildman–Crippen MR) is 81.0 cm³/mol. The molecule has 0 unspecified atom stereocenters. The molecule has 0 heterocycles. The summed E-state index contributed by atoms with van der Waals surface area (Å²) >= 11 is 0. The third-order valence-electron chi connectivity index (χ3n) is 2.99. The lowest BCUT2D eigenvalue weighted by Crippen LogP contribution is -1.94. The van der Waals surface area contributed by atoms with Gasteiger partial charge >= 0.3 is 0 Å².